The van der Waals surface area contributed by atoms with Crippen molar-refractivity contribution in [2.24, 2.45) is 0 Å². The van der Waals surface area contributed by atoms with Crippen LogP contribution in [0.1, 0.15) is 0 Å². The van der Waals surface area contributed by atoms with Crippen LogP contribution < -0.4 is 0 Å². The topological polar surface area (TPSA) is 35.6 Å². The van der Waals surface area contributed by atoms with E-state index in [9.17, 15) is 0 Å². The van der Waals surface area contributed by atoms with Crippen LogP contribution in [0.5, 0.6) is 0 Å². The Bertz CT molecular complexity index is 4300. The lowest BCUT2D eigenvalue weighted by Gasteiger charge is -2.13. The number of para-hydroxylation sites is 4. The fourth-order valence-corrected chi connectivity index (χ4v) is 10.9. The number of hydrogen-bond acceptors (Lipinski definition) is 2. The Morgan fingerprint density at radius 2 is 0.500 bits per heavy atom. The summed E-state index contributed by atoms with van der Waals surface area (Å²) in [5, 5.41) is 4.99. The highest BCUT2D eigenvalue weighted by molar-refractivity contribution is 6.10. The fraction of sp³-hybridized carbons (Fsp3) is 0. The molecule has 14 aromatic rings. The molecule has 0 fully saturated rings. The standard InChI is InChI=1S/C70H46N4/c1-2-16-47(17-3-1)52-18-12-19-53(42-52)48-34-38-50(39-35-48)64-46-65(51-40-36-49(37-41-51)55-21-14-24-58(44-55)73-66-30-8-4-26-60(66)61-27-5-9-31-67(61)73)72-70(71-64)57-23-13-20-54(43-57)56-22-15-25-59(45-56)74-68-32-10-6-28-62(68)63-29-7-11-33-69(63)74/h1-46H. The van der Waals surface area contributed by atoms with Crippen LogP contribution in [0.2, 0.25) is 0 Å². The van der Waals surface area contributed by atoms with Crippen LogP contribution in [-0.2, 0) is 0 Å². The van der Waals surface area contributed by atoms with E-state index in [4.69, 9.17) is 9.97 Å². The smallest absolute Gasteiger partial charge is 0.160 e. The van der Waals surface area contributed by atoms with Crippen molar-refractivity contribution < 1.29 is 0 Å². The molecular weight excluding hydrogens is 897 g/mol. The van der Waals surface area contributed by atoms with Gasteiger partial charge in [0.2, 0.25) is 0 Å². The highest BCUT2D eigenvalue weighted by atomic mass is 15.0. The van der Waals surface area contributed by atoms with E-state index in [0.717, 1.165) is 67.3 Å². The molecule has 0 aliphatic heterocycles. The predicted molar refractivity (Wildman–Crippen MR) is 309 cm³/mol. The normalized spacial score (nSPS) is 11.5. The summed E-state index contributed by atoms with van der Waals surface area (Å²) in [5.41, 5.74) is 20.9. The molecule has 0 saturated heterocycles. The average Bonchev–Trinajstić information content (AvgIpc) is 4.01. The maximum atomic E-state index is 5.35. The maximum Gasteiger partial charge on any atom is 0.160 e. The van der Waals surface area contributed by atoms with Crippen molar-refractivity contribution in [2.75, 3.05) is 0 Å². The van der Waals surface area contributed by atoms with Gasteiger partial charge in [-0.1, -0.05) is 212 Å². The number of benzene rings is 11. The van der Waals surface area contributed by atoms with E-state index in [2.05, 4.69) is 288 Å². The molecule has 0 spiro atoms. The first-order valence-corrected chi connectivity index (χ1v) is 25.2. The van der Waals surface area contributed by atoms with Crippen molar-refractivity contribution in [2.45, 2.75) is 0 Å². The summed E-state index contributed by atoms with van der Waals surface area (Å²) in [6.45, 7) is 0. The summed E-state index contributed by atoms with van der Waals surface area (Å²) in [4.78, 5) is 10.7. The molecule has 4 heteroatoms. The molecular formula is C70H46N4. The summed E-state index contributed by atoms with van der Waals surface area (Å²) in [6, 6.07) is 100.0. The number of aromatic nitrogens is 4. The summed E-state index contributed by atoms with van der Waals surface area (Å²) in [5.74, 6) is 0.667. The quantitative estimate of drug-likeness (QED) is 0.145. The number of fused-ring (bicyclic) bond motifs is 6. The Morgan fingerprint density at radius 1 is 0.203 bits per heavy atom. The number of hydrogen-bond donors (Lipinski definition) is 0. The largest absolute Gasteiger partial charge is 0.309 e. The lowest BCUT2D eigenvalue weighted by atomic mass is 9.97. The molecule has 11 aromatic carbocycles. The third-order valence-electron chi connectivity index (χ3n) is 14.5. The minimum Gasteiger partial charge on any atom is -0.309 e. The first-order valence-electron chi connectivity index (χ1n) is 25.2. The Labute approximate surface area is 429 Å². The van der Waals surface area contributed by atoms with E-state index in [1.807, 2.05) is 0 Å². The molecule has 0 amide bonds. The van der Waals surface area contributed by atoms with Gasteiger partial charge in [-0.15, -0.1) is 0 Å². The van der Waals surface area contributed by atoms with Crippen molar-refractivity contribution >= 4 is 43.6 Å². The van der Waals surface area contributed by atoms with Gasteiger partial charge >= 0.3 is 0 Å². The first kappa shape index (κ1) is 42.9. The highest BCUT2D eigenvalue weighted by Crippen LogP contribution is 2.38. The molecule has 0 saturated carbocycles. The van der Waals surface area contributed by atoms with Crippen molar-refractivity contribution in [3.63, 3.8) is 0 Å². The van der Waals surface area contributed by atoms with Crippen molar-refractivity contribution in [1.82, 2.24) is 19.1 Å². The van der Waals surface area contributed by atoms with Crippen LogP contribution >= 0.6 is 0 Å². The molecule has 14 rings (SSSR count). The van der Waals surface area contributed by atoms with Crippen molar-refractivity contribution in [3.05, 3.63) is 279 Å². The van der Waals surface area contributed by atoms with Gasteiger partial charge in [-0.25, -0.2) is 9.97 Å². The second kappa shape index (κ2) is 18.1. The minimum absolute atomic E-state index is 0.667. The number of rotatable bonds is 9. The highest BCUT2D eigenvalue weighted by Gasteiger charge is 2.17. The first-order chi connectivity index (χ1) is 36.7. The van der Waals surface area contributed by atoms with Gasteiger partial charge < -0.3 is 9.13 Å². The summed E-state index contributed by atoms with van der Waals surface area (Å²) < 4.78 is 4.74. The van der Waals surface area contributed by atoms with Gasteiger partial charge in [0.1, 0.15) is 0 Å². The SMILES string of the molecule is c1ccc(-c2cccc(-c3ccc(-c4cc(-c5ccc(-c6cccc(-n7c8ccccc8c8ccccc87)c6)cc5)nc(-c5cccc(-c6cccc(-n7c8ccccc8c8ccccc87)c6)c5)n4)cc3)c2)cc1. The molecule has 74 heavy (non-hydrogen) atoms. The van der Waals surface area contributed by atoms with Crippen LogP contribution in [0.15, 0.2) is 279 Å². The van der Waals surface area contributed by atoms with Crippen LogP contribution in [0.25, 0.3) is 133 Å². The third-order valence-corrected chi connectivity index (χ3v) is 14.5. The zero-order valence-electron chi connectivity index (χ0n) is 40.3. The maximum absolute atomic E-state index is 5.35. The van der Waals surface area contributed by atoms with Gasteiger partial charge in [0.05, 0.1) is 33.5 Å². The molecule has 0 N–H and O–H groups in total. The Hall–Kier alpha value is -9.90. The van der Waals surface area contributed by atoms with Gasteiger partial charge in [-0.2, -0.15) is 0 Å². The predicted octanol–water partition coefficient (Wildman–Crippen LogP) is 18.3. The summed E-state index contributed by atoms with van der Waals surface area (Å²) in [6.07, 6.45) is 0. The zero-order chi connectivity index (χ0) is 49.0. The lowest BCUT2D eigenvalue weighted by molar-refractivity contribution is 1.18. The Balaban J connectivity index is 0.843. The van der Waals surface area contributed by atoms with E-state index in [1.165, 1.54) is 60.3 Å². The third kappa shape index (κ3) is 7.65. The van der Waals surface area contributed by atoms with Gasteiger partial charge in [0, 0.05) is 49.6 Å². The van der Waals surface area contributed by atoms with E-state index < -0.39 is 0 Å². The summed E-state index contributed by atoms with van der Waals surface area (Å²) >= 11 is 0. The summed E-state index contributed by atoms with van der Waals surface area (Å²) in [7, 11) is 0. The molecule has 3 heterocycles. The van der Waals surface area contributed by atoms with Gasteiger partial charge in [-0.3, -0.25) is 0 Å². The monoisotopic (exact) mass is 942 g/mol. The number of nitrogens with zero attached hydrogens (tertiary/aromatic N) is 4. The van der Waals surface area contributed by atoms with Crippen LogP contribution in [0.3, 0.4) is 0 Å². The molecule has 3 aromatic heterocycles. The molecule has 346 valence electrons. The Morgan fingerprint density at radius 3 is 0.946 bits per heavy atom. The van der Waals surface area contributed by atoms with Crippen LogP contribution in [0.4, 0.5) is 0 Å². The second-order valence-electron chi connectivity index (χ2n) is 19.0. The average molecular weight is 943 g/mol. The minimum atomic E-state index is 0.667. The van der Waals surface area contributed by atoms with Gasteiger partial charge in [0.25, 0.3) is 0 Å². The molecule has 0 aliphatic rings. The molecule has 0 aliphatic carbocycles. The van der Waals surface area contributed by atoms with Crippen LogP contribution in [0, 0.1) is 0 Å². The molecule has 0 bridgehead atoms. The van der Waals surface area contributed by atoms with Crippen molar-refractivity contribution in [1.29, 1.82) is 0 Å². The van der Waals surface area contributed by atoms with E-state index >= 15 is 0 Å². The molecule has 0 atom stereocenters. The fourth-order valence-electron chi connectivity index (χ4n) is 10.9. The lowest BCUT2D eigenvalue weighted by Crippen LogP contribution is -1.97. The molecule has 0 radical (unpaired) electrons. The van der Waals surface area contributed by atoms with Gasteiger partial charge in [0.15, 0.2) is 5.82 Å². The van der Waals surface area contributed by atoms with Gasteiger partial charge in [-0.05, 0) is 111 Å². The second-order valence-corrected chi connectivity index (χ2v) is 19.0. The van der Waals surface area contributed by atoms with Crippen LogP contribution in [-0.4, -0.2) is 19.1 Å². The van der Waals surface area contributed by atoms with E-state index in [1.54, 1.807) is 0 Å². The van der Waals surface area contributed by atoms with E-state index in [0.29, 0.717) is 5.82 Å². The molecule has 4 nitrogen and oxygen atoms in total. The zero-order valence-corrected chi connectivity index (χ0v) is 40.3. The Kier molecular flexibility index (Phi) is 10.5. The van der Waals surface area contributed by atoms with E-state index in [-0.39, 0.29) is 0 Å². The van der Waals surface area contributed by atoms with Crippen molar-refractivity contribution in [3.8, 4) is 89.8 Å². The molecule has 0 unspecified atom stereocenters.